The van der Waals surface area contributed by atoms with Crippen LogP contribution in [0.4, 0.5) is 5.13 Å². The standard InChI is InChI=1S/C10H17N3S2/c1-4-8-6-15-10(12-8)13(3)7(2)5-9(11)14/h6-7H,4-5H2,1-3H3,(H2,11,14). The molecule has 1 aromatic heterocycles. The third-order valence-corrected chi connectivity index (χ3v) is 3.51. The van der Waals surface area contributed by atoms with Gasteiger partial charge >= 0.3 is 0 Å². The fraction of sp³-hybridized carbons (Fsp3) is 0.600. The van der Waals surface area contributed by atoms with Crippen LogP contribution < -0.4 is 10.6 Å². The van der Waals surface area contributed by atoms with Crippen molar-refractivity contribution in [1.82, 2.24) is 4.98 Å². The van der Waals surface area contributed by atoms with Crippen LogP contribution in [0.2, 0.25) is 0 Å². The number of hydrogen-bond donors (Lipinski definition) is 1. The van der Waals surface area contributed by atoms with Gasteiger partial charge in [0.1, 0.15) is 0 Å². The Labute approximate surface area is 100 Å². The van der Waals surface area contributed by atoms with Gasteiger partial charge < -0.3 is 10.6 Å². The van der Waals surface area contributed by atoms with Gasteiger partial charge in [0.2, 0.25) is 0 Å². The Bertz CT molecular complexity index is 335. The number of anilines is 1. The Hall–Kier alpha value is -0.680. The Morgan fingerprint density at radius 3 is 2.87 bits per heavy atom. The molecule has 3 nitrogen and oxygen atoms in total. The monoisotopic (exact) mass is 243 g/mol. The third-order valence-electron chi connectivity index (χ3n) is 2.36. The first-order valence-electron chi connectivity index (χ1n) is 5.00. The number of aryl methyl sites for hydroxylation is 1. The molecule has 84 valence electrons. The third kappa shape index (κ3) is 3.43. The fourth-order valence-electron chi connectivity index (χ4n) is 1.24. The van der Waals surface area contributed by atoms with Gasteiger partial charge in [-0.2, -0.15) is 0 Å². The molecule has 0 aromatic carbocycles. The molecule has 0 amide bonds. The van der Waals surface area contributed by atoms with Gasteiger partial charge in [-0.15, -0.1) is 11.3 Å². The molecular weight excluding hydrogens is 226 g/mol. The normalized spacial score (nSPS) is 12.5. The van der Waals surface area contributed by atoms with E-state index in [0.29, 0.717) is 11.0 Å². The minimum Gasteiger partial charge on any atom is -0.393 e. The molecule has 0 aliphatic carbocycles. The van der Waals surface area contributed by atoms with Crippen molar-refractivity contribution in [2.45, 2.75) is 32.7 Å². The van der Waals surface area contributed by atoms with E-state index < -0.39 is 0 Å². The molecule has 5 heteroatoms. The minimum absolute atomic E-state index is 0.304. The lowest BCUT2D eigenvalue weighted by atomic mass is 10.2. The summed E-state index contributed by atoms with van der Waals surface area (Å²) in [6, 6.07) is 0.304. The van der Waals surface area contributed by atoms with Crippen molar-refractivity contribution in [2.75, 3.05) is 11.9 Å². The first-order chi connectivity index (χ1) is 7.04. The molecule has 0 aliphatic rings. The van der Waals surface area contributed by atoms with Crippen LogP contribution in [0.5, 0.6) is 0 Å². The molecule has 0 spiro atoms. The summed E-state index contributed by atoms with van der Waals surface area (Å²) in [6.07, 6.45) is 1.71. The van der Waals surface area contributed by atoms with E-state index in [4.69, 9.17) is 18.0 Å². The predicted molar refractivity (Wildman–Crippen MR) is 70.8 cm³/mol. The van der Waals surface area contributed by atoms with Crippen LogP contribution in [0.25, 0.3) is 0 Å². The lowest BCUT2D eigenvalue weighted by Gasteiger charge is -2.23. The quantitative estimate of drug-likeness (QED) is 0.805. The van der Waals surface area contributed by atoms with E-state index in [2.05, 4.69) is 29.1 Å². The number of thiazole rings is 1. The van der Waals surface area contributed by atoms with E-state index in [0.717, 1.165) is 23.7 Å². The van der Waals surface area contributed by atoms with Gasteiger partial charge in [-0.1, -0.05) is 19.1 Å². The van der Waals surface area contributed by atoms with E-state index in [1.807, 2.05) is 7.05 Å². The highest BCUT2D eigenvalue weighted by molar-refractivity contribution is 7.80. The van der Waals surface area contributed by atoms with Crippen molar-refractivity contribution in [2.24, 2.45) is 5.73 Å². The van der Waals surface area contributed by atoms with Crippen LogP contribution >= 0.6 is 23.6 Å². The lowest BCUT2D eigenvalue weighted by Crippen LogP contribution is -2.32. The van der Waals surface area contributed by atoms with Crippen molar-refractivity contribution in [3.05, 3.63) is 11.1 Å². The zero-order valence-corrected chi connectivity index (χ0v) is 11.0. The van der Waals surface area contributed by atoms with Crippen molar-refractivity contribution in [1.29, 1.82) is 0 Å². The number of hydrogen-bond acceptors (Lipinski definition) is 4. The van der Waals surface area contributed by atoms with Crippen LogP contribution in [0.3, 0.4) is 0 Å². The van der Waals surface area contributed by atoms with Gasteiger partial charge in [-0.25, -0.2) is 4.98 Å². The summed E-state index contributed by atoms with van der Waals surface area (Å²) >= 11 is 6.57. The first-order valence-corrected chi connectivity index (χ1v) is 6.29. The molecule has 1 aromatic rings. The van der Waals surface area contributed by atoms with E-state index in [9.17, 15) is 0 Å². The molecule has 0 saturated heterocycles. The van der Waals surface area contributed by atoms with Gasteiger partial charge in [-0.3, -0.25) is 0 Å². The summed E-state index contributed by atoms with van der Waals surface area (Å²) in [6.45, 7) is 4.21. The largest absolute Gasteiger partial charge is 0.393 e. The zero-order valence-electron chi connectivity index (χ0n) is 9.36. The molecule has 0 saturated carbocycles. The lowest BCUT2D eigenvalue weighted by molar-refractivity contribution is 0.711. The van der Waals surface area contributed by atoms with Gasteiger partial charge in [0.05, 0.1) is 10.7 Å². The van der Waals surface area contributed by atoms with Crippen LogP contribution in [-0.2, 0) is 6.42 Å². The molecule has 1 heterocycles. The topological polar surface area (TPSA) is 42.1 Å². The number of aromatic nitrogens is 1. The summed E-state index contributed by atoms with van der Waals surface area (Å²) < 4.78 is 0. The van der Waals surface area contributed by atoms with Crippen molar-refractivity contribution in [3.63, 3.8) is 0 Å². The molecule has 1 unspecified atom stereocenters. The van der Waals surface area contributed by atoms with Crippen LogP contribution in [0.1, 0.15) is 26.0 Å². The highest BCUT2D eigenvalue weighted by Crippen LogP contribution is 2.22. The number of nitrogens with two attached hydrogens (primary N) is 1. The van der Waals surface area contributed by atoms with Gasteiger partial charge in [-0.05, 0) is 13.3 Å². The highest BCUT2D eigenvalue weighted by Gasteiger charge is 2.13. The van der Waals surface area contributed by atoms with Crippen molar-refractivity contribution < 1.29 is 0 Å². The summed E-state index contributed by atoms with van der Waals surface area (Å²) in [5, 5.41) is 3.13. The van der Waals surface area contributed by atoms with Crippen LogP contribution in [0.15, 0.2) is 5.38 Å². The maximum Gasteiger partial charge on any atom is 0.185 e. The van der Waals surface area contributed by atoms with Gasteiger partial charge in [0.15, 0.2) is 5.13 Å². The molecule has 0 bridgehead atoms. The zero-order chi connectivity index (χ0) is 11.4. The maximum atomic E-state index is 5.53. The second-order valence-electron chi connectivity index (χ2n) is 3.61. The SMILES string of the molecule is CCc1csc(N(C)C(C)CC(N)=S)n1. The molecule has 1 rings (SSSR count). The smallest absolute Gasteiger partial charge is 0.185 e. The summed E-state index contributed by atoms with van der Waals surface area (Å²) in [5.41, 5.74) is 6.67. The maximum absolute atomic E-state index is 5.53. The van der Waals surface area contributed by atoms with Crippen LogP contribution in [-0.4, -0.2) is 23.1 Å². The molecule has 0 aliphatic heterocycles. The molecular formula is C10H17N3S2. The fourth-order valence-corrected chi connectivity index (χ4v) is 2.46. The van der Waals surface area contributed by atoms with Gasteiger partial charge in [0, 0.05) is 24.9 Å². The second-order valence-corrected chi connectivity index (χ2v) is 4.97. The van der Waals surface area contributed by atoms with Crippen LogP contribution in [0, 0.1) is 0 Å². The Morgan fingerprint density at radius 2 is 2.40 bits per heavy atom. The summed E-state index contributed by atoms with van der Waals surface area (Å²) in [7, 11) is 2.03. The molecule has 0 radical (unpaired) electrons. The van der Waals surface area contributed by atoms with E-state index in [1.54, 1.807) is 11.3 Å². The Morgan fingerprint density at radius 1 is 1.73 bits per heavy atom. The summed E-state index contributed by atoms with van der Waals surface area (Å²) in [5.74, 6) is 0. The van der Waals surface area contributed by atoms with E-state index in [-0.39, 0.29) is 0 Å². The number of nitrogens with zero attached hydrogens (tertiary/aromatic N) is 2. The van der Waals surface area contributed by atoms with Gasteiger partial charge in [0.25, 0.3) is 0 Å². The second kappa shape index (κ2) is 5.42. The average molecular weight is 243 g/mol. The minimum atomic E-state index is 0.304. The highest BCUT2D eigenvalue weighted by atomic mass is 32.1. The predicted octanol–water partition coefficient (Wildman–Crippen LogP) is 2.21. The molecule has 0 fully saturated rings. The van der Waals surface area contributed by atoms with Crippen molar-refractivity contribution >= 4 is 33.7 Å². The Kier molecular flexibility index (Phi) is 4.47. The number of rotatable bonds is 5. The number of thiocarbonyl (C=S) groups is 1. The molecule has 1 atom stereocenters. The summed E-state index contributed by atoms with van der Waals surface area (Å²) in [4.78, 5) is 7.20. The molecule has 15 heavy (non-hydrogen) atoms. The van der Waals surface area contributed by atoms with E-state index >= 15 is 0 Å². The average Bonchev–Trinajstić information content (AvgIpc) is 2.63. The molecule has 2 N–H and O–H groups in total. The van der Waals surface area contributed by atoms with Crippen molar-refractivity contribution in [3.8, 4) is 0 Å². The van der Waals surface area contributed by atoms with E-state index in [1.165, 1.54) is 0 Å². The Balaban J connectivity index is 2.66. The first kappa shape index (κ1) is 12.4.